The van der Waals surface area contributed by atoms with E-state index in [0.29, 0.717) is 5.91 Å². The molecule has 3 nitrogen and oxygen atoms in total. The number of piperidine rings is 1. The number of amides is 1. The lowest BCUT2D eigenvalue weighted by molar-refractivity contribution is -0.139. The number of hydrogen-bond donors (Lipinski definition) is 1. The molecule has 0 bridgehead atoms. The highest BCUT2D eigenvalue weighted by atomic mass is 35.5. The summed E-state index contributed by atoms with van der Waals surface area (Å²) in [6.45, 7) is 5.00. The van der Waals surface area contributed by atoms with Gasteiger partial charge in [0.25, 0.3) is 0 Å². The molecule has 110 valence electrons. The number of carbonyl (C=O) groups is 1. The van der Waals surface area contributed by atoms with Gasteiger partial charge in [-0.1, -0.05) is 24.3 Å². The largest absolute Gasteiger partial charge is 0.335 e. The third-order valence-electron chi connectivity index (χ3n) is 4.57. The molecule has 1 unspecified atom stereocenters. The van der Waals surface area contributed by atoms with Gasteiger partial charge in [-0.3, -0.25) is 4.79 Å². The zero-order chi connectivity index (χ0) is 13.2. The molecule has 1 aromatic carbocycles. The maximum Gasteiger partial charge on any atom is 0.226 e. The van der Waals surface area contributed by atoms with Gasteiger partial charge >= 0.3 is 0 Å². The fraction of sp³-hybridized carbons (Fsp3) is 0.562. The Morgan fingerprint density at radius 1 is 1.25 bits per heavy atom. The Morgan fingerprint density at radius 3 is 2.70 bits per heavy atom. The van der Waals surface area contributed by atoms with Gasteiger partial charge in [-0.15, -0.1) is 12.4 Å². The van der Waals surface area contributed by atoms with Gasteiger partial charge < -0.3 is 10.2 Å². The van der Waals surface area contributed by atoms with Crippen LogP contribution in [-0.4, -0.2) is 30.4 Å². The van der Waals surface area contributed by atoms with Gasteiger partial charge in [0.1, 0.15) is 0 Å². The van der Waals surface area contributed by atoms with Gasteiger partial charge in [0.2, 0.25) is 5.91 Å². The summed E-state index contributed by atoms with van der Waals surface area (Å²) < 4.78 is 0. The minimum Gasteiger partial charge on any atom is -0.335 e. The monoisotopic (exact) mass is 294 g/mol. The molecule has 0 spiro atoms. The Bertz CT molecular complexity index is 471. The molecular formula is C16H23ClN2O. The molecule has 1 saturated heterocycles. The van der Waals surface area contributed by atoms with Crippen LogP contribution in [0, 0.1) is 5.92 Å². The van der Waals surface area contributed by atoms with E-state index in [9.17, 15) is 4.79 Å². The molecule has 20 heavy (non-hydrogen) atoms. The molecule has 0 aromatic heterocycles. The van der Waals surface area contributed by atoms with Crippen molar-refractivity contribution in [1.29, 1.82) is 0 Å². The summed E-state index contributed by atoms with van der Waals surface area (Å²) >= 11 is 0. The molecule has 2 aliphatic heterocycles. The van der Waals surface area contributed by atoms with Crippen molar-refractivity contribution in [3.63, 3.8) is 0 Å². The highest BCUT2D eigenvalue weighted by molar-refractivity contribution is 5.85. The summed E-state index contributed by atoms with van der Waals surface area (Å²) in [5.74, 6) is 0.595. The summed E-state index contributed by atoms with van der Waals surface area (Å²) in [4.78, 5) is 14.8. The summed E-state index contributed by atoms with van der Waals surface area (Å²) in [5, 5.41) is 3.33. The summed E-state index contributed by atoms with van der Waals surface area (Å²) in [6.07, 6.45) is 2.98. The van der Waals surface area contributed by atoms with Gasteiger partial charge in [0.15, 0.2) is 0 Å². The molecule has 1 N–H and O–H groups in total. The molecule has 2 aliphatic rings. The number of rotatable bonds is 1. The number of benzene rings is 1. The van der Waals surface area contributed by atoms with E-state index in [1.54, 1.807) is 0 Å². The molecule has 3 rings (SSSR count). The van der Waals surface area contributed by atoms with Crippen LogP contribution in [0.2, 0.25) is 0 Å². The van der Waals surface area contributed by atoms with Gasteiger partial charge in [-0.2, -0.15) is 0 Å². The van der Waals surface area contributed by atoms with Crippen molar-refractivity contribution in [2.45, 2.75) is 32.2 Å². The van der Waals surface area contributed by atoms with E-state index in [2.05, 4.69) is 41.4 Å². The average Bonchev–Trinajstić information content (AvgIpc) is 2.48. The third kappa shape index (κ3) is 2.84. The number of nitrogens with zero attached hydrogens (tertiary/aromatic N) is 1. The molecule has 1 atom stereocenters. The quantitative estimate of drug-likeness (QED) is 0.863. The Morgan fingerprint density at radius 2 is 1.95 bits per heavy atom. The SMILES string of the molecule is CC1c2ccccc2CCN1C(=O)C1CCNCC1.Cl. The van der Waals surface area contributed by atoms with Gasteiger partial charge in [0, 0.05) is 12.5 Å². The molecule has 1 aromatic rings. The summed E-state index contributed by atoms with van der Waals surface area (Å²) in [6, 6.07) is 8.76. The van der Waals surface area contributed by atoms with Crippen LogP contribution in [0.15, 0.2) is 24.3 Å². The molecule has 0 radical (unpaired) electrons. The fourth-order valence-corrected chi connectivity index (χ4v) is 3.38. The third-order valence-corrected chi connectivity index (χ3v) is 4.57. The van der Waals surface area contributed by atoms with Crippen molar-refractivity contribution in [3.8, 4) is 0 Å². The number of hydrogen-bond acceptors (Lipinski definition) is 2. The molecule has 1 amide bonds. The number of nitrogens with one attached hydrogen (secondary N) is 1. The normalized spacial score (nSPS) is 22.9. The van der Waals surface area contributed by atoms with Gasteiger partial charge in [-0.05, 0) is 50.4 Å². The van der Waals surface area contributed by atoms with Crippen LogP contribution in [-0.2, 0) is 11.2 Å². The Hall–Kier alpha value is -1.06. The van der Waals surface area contributed by atoms with Crippen LogP contribution in [0.1, 0.15) is 36.9 Å². The van der Waals surface area contributed by atoms with E-state index in [-0.39, 0.29) is 24.4 Å². The average molecular weight is 295 g/mol. The predicted octanol–water partition coefficient (Wildman–Crippen LogP) is 2.55. The van der Waals surface area contributed by atoms with E-state index < -0.39 is 0 Å². The molecule has 0 aliphatic carbocycles. The Labute approximate surface area is 127 Å². The van der Waals surface area contributed by atoms with Crippen molar-refractivity contribution < 1.29 is 4.79 Å². The standard InChI is InChI=1S/C16H22N2O.ClH/c1-12-15-5-3-2-4-13(15)8-11-18(12)16(19)14-6-9-17-10-7-14;/h2-5,12,14,17H,6-11H2,1H3;1H. The zero-order valence-electron chi connectivity index (χ0n) is 12.0. The second kappa shape index (κ2) is 6.59. The number of fused-ring (bicyclic) bond motifs is 1. The molecule has 4 heteroatoms. The van der Waals surface area contributed by atoms with Gasteiger partial charge in [0.05, 0.1) is 6.04 Å². The zero-order valence-corrected chi connectivity index (χ0v) is 12.8. The van der Waals surface area contributed by atoms with Crippen LogP contribution in [0.5, 0.6) is 0 Å². The lowest BCUT2D eigenvalue weighted by atomic mass is 9.90. The first-order chi connectivity index (χ1) is 9.27. The van der Waals surface area contributed by atoms with Gasteiger partial charge in [-0.25, -0.2) is 0 Å². The van der Waals surface area contributed by atoms with Crippen LogP contribution < -0.4 is 5.32 Å². The lowest BCUT2D eigenvalue weighted by Gasteiger charge is -2.38. The van der Waals surface area contributed by atoms with E-state index in [4.69, 9.17) is 0 Å². The topological polar surface area (TPSA) is 32.3 Å². The molecule has 0 saturated carbocycles. The Kier molecular flexibility index (Phi) is 5.06. The van der Waals surface area contributed by atoms with Crippen molar-refractivity contribution in [2.75, 3.05) is 19.6 Å². The smallest absolute Gasteiger partial charge is 0.226 e. The summed E-state index contributed by atoms with van der Waals surface area (Å²) in [7, 11) is 0. The van der Waals surface area contributed by atoms with E-state index in [0.717, 1.165) is 38.9 Å². The first-order valence-corrected chi connectivity index (χ1v) is 7.36. The van der Waals surface area contributed by atoms with Crippen molar-refractivity contribution in [3.05, 3.63) is 35.4 Å². The van der Waals surface area contributed by atoms with Crippen molar-refractivity contribution in [1.82, 2.24) is 10.2 Å². The highest BCUT2D eigenvalue weighted by Crippen LogP contribution is 2.31. The van der Waals surface area contributed by atoms with Crippen LogP contribution in [0.4, 0.5) is 0 Å². The van der Waals surface area contributed by atoms with E-state index in [1.165, 1.54) is 11.1 Å². The molecule has 2 heterocycles. The van der Waals surface area contributed by atoms with Crippen LogP contribution in [0.25, 0.3) is 0 Å². The molecular weight excluding hydrogens is 272 g/mol. The first-order valence-electron chi connectivity index (χ1n) is 7.36. The Balaban J connectivity index is 0.00000147. The fourth-order valence-electron chi connectivity index (χ4n) is 3.38. The van der Waals surface area contributed by atoms with E-state index in [1.807, 2.05) is 0 Å². The predicted molar refractivity (Wildman–Crippen MR) is 83.1 cm³/mol. The van der Waals surface area contributed by atoms with Crippen LogP contribution in [0.3, 0.4) is 0 Å². The van der Waals surface area contributed by atoms with E-state index >= 15 is 0 Å². The highest BCUT2D eigenvalue weighted by Gasteiger charge is 2.32. The number of carbonyl (C=O) groups excluding carboxylic acids is 1. The minimum absolute atomic E-state index is 0. The number of halogens is 1. The van der Waals surface area contributed by atoms with Crippen molar-refractivity contribution in [2.24, 2.45) is 5.92 Å². The maximum absolute atomic E-state index is 12.7. The second-order valence-electron chi connectivity index (χ2n) is 5.68. The maximum atomic E-state index is 12.7. The van der Waals surface area contributed by atoms with Crippen molar-refractivity contribution >= 4 is 18.3 Å². The van der Waals surface area contributed by atoms with Crippen LogP contribution >= 0.6 is 12.4 Å². The second-order valence-corrected chi connectivity index (χ2v) is 5.68. The first kappa shape index (κ1) is 15.3. The minimum atomic E-state index is 0. The lowest BCUT2D eigenvalue weighted by Crippen LogP contribution is -2.44. The summed E-state index contributed by atoms with van der Waals surface area (Å²) in [5.41, 5.74) is 2.74. The molecule has 1 fully saturated rings.